The average Bonchev–Trinajstić information content (AvgIpc) is 2.69. The number of carbonyl (C=O) groups is 1. The second-order valence-corrected chi connectivity index (χ2v) is 4.18. The molecule has 98 valence electrons. The van der Waals surface area contributed by atoms with Gasteiger partial charge in [-0.1, -0.05) is 0 Å². The molecule has 0 spiro atoms. The number of halogens is 2. The lowest BCUT2D eigenvalue weighted by Crippen LogP contribution is -2.20. The summed E-state index contributed by atoms with van der Waals surface area (Å²) in [6.45, 7) is -0.396. The number of alkyl halides is 2. The number of aromatic nitrogens is 1. The molecule has 1 aliphatic heterocycles. The SMILES string of the molecule is COC(=O)c1cc([C@H]2CC(F)(F)CN2)c(N)cn1. The zero-order valence-electron chi connectivity index (χ0n) is 9.74. The summed E-state index contributed by atoms with van der Waals surface area (Å²) in [5.41, 5.74) is 6.48. The van der Waals surface area contributed by atoms with Crippen LogP contribution in [0, 0.1) is 0 Å². The van der Waals surface area contributed by atoms with Gasteiger partial charge >= 0.3 is 5.97 Å². The van der Waals surface area contributed by atoms with Gasteiger partial charge in [-0.25, -0.2) is 18.6 Å². The van der Waals surface area contributed by atoms with Crippen LogP contribution in [0.4, 0.5) is 14.5 Å². The number of ether oxygens (including phenoxy) is 1. The van der Waals surface area contributed by atoms with Gasteiger partial charge in [0, 0.05) is 12.5 Å². The van der Waals surface area contributed by atoms with Crippen molar-refractivity contribution < 1.29 is 18.3 Å². The van der Waals surface area contributed by atoms with Gasteiger partial charge in [0.15, 0.2) is 0 Å². The number of hydrogen-bond donors (Lipinski definition) is 2. The van der Waals surface area contributed by atoms with Gasteiger partial charge in [0.25, 0.3) is 5.92 Å². The molecule has 0 bridgehead atoms. The molecule has 1 aromatic heterocycles. The van der Waals surface area contributed by atoms with Gasteiger partial charge in [0.05, 0.1) is 25.5 Å². The Labute approximate surface area is 102 Å². The molecule has 7 heteroatoms. The lowest BCUT2D eigenvalue weighted by Gasteiger charge is -2.14. The van der Waals surface area contributed by atoms with E-state index in [4.69, 9.17) is 5.73 Å². The molecule has 0 radical (unpaired) electrons. The van der Waals surface area contributed by atoms with Crippen LogP contribution in [0.15, 0.2) is 12.3 Å². The summed E-state index contributed by atoms with van der Waals surface area (Å²) >= 11 is 0. The molecule has 1 aromatic rings. The van der Waals surface area contributed by atoms with E-state index in [0.29, 0.717) is 5.56 Å². The van der Waals surface area contributed by atoms with Crippen molar-refractivity contribution in [2.24, 2.45) is 0 Å². The smallest absolute Gasteiger partial charge is 0.356 e. The molecule has 2 heterocycles. The molecule has 0 aliphatic carbocycles. The first-order valence-corrected chi connectivity index (χ1v) is 5.38. The van der Waals surface area contributed by atoms with Crippen LogP contribution in [0.3, 0.4) is 0 Å². The van der Waals surface area contributed by atoms with E-state index in [-0.39, 0.29) is 17.8 Å². The Morgan fingerprint density at radius 3 is 2.94 bits per heavy atom. The molecular formula is C11H13F2N3O2. The minimum absolute atomic E-state index is 0.0544. The monoisotopic (exact) mass is 257 g/mol. The predicted molar refractivity (Wildman–Crippen MR) is 60.3 cm³/mol. The van der Waals surface area contributed by atoms with Gasteiger partial charge in [0.2, 0.25) is 0 Å². The van der Waals surface area contributed by atoms with Crippen molar-refractivity contribution in [3.63, 3.8) is 0 Å². The molecule has 3 N–H and O–H groups in total. The average molecular weight is 257 g/mol. The van der Waals surface area contributed by atoms with E-state index >= 15 is 0 Å². The minimum Gasteiger partial charge on any atom is -0.464 e. The molecule has 0 saturated carbocycles. The molecule has 0 amide bonds. The van der Waals surface area contributed by atoms with Gasteiger partial charge in [-0.15, -0.1) is 0 Å². The van der Waals surface area contributed by atoms with E-state index in [2.05, 4.69) is 15.0 Å². The number of methoxy groups -OCH3 is 1. The topological polar surface area (TPSA) is 77.2 Å². The molecule has 1 fully saturated rings. The van der Waals surface area contributed by atoms with E-state index in [1.807, 2.05) is 0 Å². The zero-order chi connectivity index (χ0) is 13.3. The van der Waals surface area contributed by atoms with Crippen LogP contribution in [0.2, 0.25) is 0 Å². The summed E-state index contributed by atoms with van der Waals surface area (Å²) in [6, 6.07) is 0.812. The Morgan fingerprint density at radius 1 is 1.67 bits per heavy atom. The third kappa shape index (κ3) is 2.40. The maximum Gasteiger partial charge on any atom is 0.356 e. The number of nitrogen functional groups attached to an aromatic ring is 1. The van der Waals surface area contributed by atoms with Crippen molar-refractivity contribution >= 4 is 11.7 Å². The highest BCUT2D eigenvalue weighted by Crippen LogP contribution is 2.36. The second kappa shape index (κ2) is 4.49. The number of hydrogen-bond acceptors (Lipinski definition) is 5. The fourth-order valence-electron chi connectivity index (χ4n) is 1.93. The molecule has 2 rings (SSSR count). The van der Waals surface area contributed by atoms with Crippen molar-refractivity contribution in [1.82, 2.24) is 10.3 Å². The van der Waals surface area contributed by atoms with E-state index in [1.165, 1.54) is 19.4 Å². The molecule has 1 atom stereocenters. The largest absolute Gasteiger partial charge is 0.464 e. The second-order valence-electron chi connectivity index (χ2n) is 4.18. The Kier molecular flexibility index (Phi) is 3.16. The third-order valence-corrected chi connectivity index (χ3v) is 2.85. The highest BCUT2D eigenvalue weighted by atomic mass is 19.3. The zero-order valence-corrected chi connectivity index (χ0v) is 9.74. The van der Waals surface area contributed by atoms with Crippen molar-refractivity contribution in [2.45, 2.75) is 18.4 Å². The Bertz CT molecular complexity index is 479. The van der Waals surface area contributed by atoms with Crippen LogP contribution < -0.4 is 11.1 Å². The Balaban J connectivity index is 2.30. The molecular weight excluding hydrogens is 244 g/mol. The van der Waals surface area contributed by atoms with E-state index in [0.717, 1.165) is 0 Å². The first kappa shape index (κ1) is 12.7. The van der Waals surface area contributed by atoms with Crippen LogP contribution in [0.5, 0.6) is 0 Å². The van der Waals surface area contributed by atoms with Crippen molar-refractivity contribution in [2.75, 3.05) is 19.4 Å². The minimum atomic E-state index is -2.76. The summed E-state index contributed by atoms with van der Waals surface area (Å²) in [7, 11) is 1.22. The van der Waals surface area contributed by atoms with Gasteiger partial charge in [-0.05, 0) is 11.6 Å². The van der Waals surface area contributed by atoms with E-state index in [9.17, 15) is 13.6 Å². The quantitative estimate of drug-likeness (QED) is 0.776. The molecule has 0 unspecified atom stereocenters. The standard InChI is InChI=1S/C11H13F2N3O2/c1-18-10(17)8-2-6(7(14)4-15-8)9-3-11(12,13)5-16-9/h2,4,9,16H,3,5,14H2,1H3/t9-/m1/s1. The Hall–Kier alpha value is -1.76. The number of esters is 1. The number of pyridine rings is 1. The van der Waals surface area contributed by atoms with Crippen LogP contribution in [-0.2, 0) is 4.74 Å². The fraction of sp³-hybridized carbons (Fsp3) is 0.455. The predicted octanol–water partition coefficient (Wildman–Crippen LogP) is 1.12. The van der Waals surface area contributed by atoms with E-state index < -0.39 is 24.5 Å². The fourth-order valence-corrected chi connectivity index (χ4v) is 1.93. The first-order chi connectivity index (χ1) is 8.43. The van der Waals surface area contributed by atoms with Gasteiger partial charge in [-0.2, -0.15) is 0 Å². The molecule has 1 saturated heterocycles. The van der Waals surface area contributed by atoms with Crippen LogP contribution >= 0.6 is 0 Å². The summed E-state index contributed by atoms with van der Waals surface area (Å²) < 4.78 is 30.8. The molecule has 5 nitrogen and oxygen atoms in total. The number of anilines is 1. The van der Waals surface area contributed by atoms with Gasteiger partial charge < -0.3 is 15.8 Å². The summed E-state index contributed by atoms with van der Waals surface area (Å²) in [6.07, 6.45) is 0.932. The lowest BCUT2D eigenvalue weighted by atomic mass is 10.0. The van der Waals surface area contributed by atoms with Crippen molar-refractivity contribution in [1.29, 1.82) is 0 Å². The number of carbonyl (C=O) groups excluding carboxylic acids is 1. The van der Waals surface area contributed by atoms with Gasteiger partial charge in [-0.3, -0.25) is 0 Å². The van der Waals surface area contributed by atoms with E-state index in [1.54, 1.807) is 0 Å². The highest BCUT2D eigenvalue weighted by Gasteiger charge is 2.40. The van der Waals surface area contributed by atoms with Crippen LogP contribution in [0.1, 0.15) is 28.5 Å². The van der Waals surface area contributed by atoms with Crippen LogP contribution in [0.25, 0.3) is 0 Å². The molecule has 1 aliphatic rings. The van der Waals surface area contributed by atoms with Crippen LogP contribution in [-0.4, -0.2) is 30.5 Å². The number of rotatable bonds is 2. The number of nitrogens with one attached hydrogen (secondary N) is 1. The summed E-state index contributed by atoms with van der Waals surface area (Å²) in [4.78, 5) is 15.1. The van der Waals surface area contributed by atoms with Crippen molar-refractivity contribution in [3.8, 4) is 0 Å². The maximum atomic E-state index is 13.1. The van der Waals surface area contributed by atoms with Crippen molar-refractivity contribution in [3.05, 3.63) is 23.5 Å². The maximum absolute atomic E-state index is 13.1. The van der Waals surface area contributed by atoms with Gasteiger partial charge in [0.1, 0.15) is 5.69 Å². The highest BCUT2D eigenvalue weighted by molar-refractivity contribution is 5.87. The number of nitrogens with two attached hydrogens (primary N) is 1. The number of nitrogens with zero attached hydrogens (tertiary/aromatic N) is 1. The summed E-state index contributed by atoms with van der Waals surface area (Å²) in [5, 5.41) is 2.68. The Morgan fingerprint density at radius 2 is 2.39 bits per heavy atom. The summed E-state index contributed by atoms with van der Waals surface area (Å²) in [5.74, 6) is -3.38. The molecule has 18 heavy (non-hydrogen) atoms. The third-order valence-electron chi connectivity index (χ3n) is 2.85. The lowest BCUT2D eigenvalue weighted by molar-refractivity contribution is 0.0210. The first-order valence-electron chi connectivity index (χ1n) is 5.38. The normalized spacial score (nSPS) is 21.8. The molecule has 0 aromatic carbocycles.